The molecule has 3 nitrogen and oxygen atoms in total. The van der Waals surface area contributed by atoms with Crippen LogP contribution < -0.4 is 5.32 Å². The zero-order chi connectivity index (χ0) is 14.8. The Balaban J connectivity index is 1.99. The summed E-state index contributed by atoms with van der Waals surface area (Å²) in [6.07, 6.45) is 3.51. The number of carbonyl (C=O) groups excluding carboxylic acids is 1. The van der Waals surface area contributed by atoms with Gasteiger partial charge in [0.2, 0.25) is 0 Å². The average Bonchev–Trinajstić information content (AvgIpc) is 2.50. The fourth-order valence-electron chi connectivity index (χ4n) is 2.27. The Morgan fingerprint density at radius 3 is 2.81 bits per heavy atom. The van der Waals surface area contributed by atoms with Gasteiger partial charge in [-0.05, 0) is 36.8 Å². The number of anilines is 1. The lowest BCUT2D eigenvalue weighted by molar-refractivity contribution is 0.102. The van der Waals surface area contributed by atoms with Crippen LogP contribution in [0, 0.1) is 6.92 Å². The van der Waals surface area contributed by atoms with Crippen molar-refractivity contribution in [3.63, 3.8) is 0 Å². The first-order valence-electron chi connectivity index (χ1n) is 6.56. The van der Waals surface area contributed by atoms with Crippen molar-refractivity contribution in [1.82, 2.24) is 4.98 Å². The maximum absolute atomic E-state index is 12.5. The van der Waals surface area contributed by atoms with Gasteiger partial charge in [0, 0.05) is 38.9 Å². The lowest BCUT2D eigenvalue weighted by atomic mass is 10.1. The van der Waals surface area contributed by atoms with Gasteiger partial charge in [-0.25, -0.2) is 0 Å². The summed E-state index contributed by atoms with van der Waals surface area (Å²) in [4.78, 5) is 16.6. The van der Waals surface area contributed by atoms with Crippen LogP contribution in [0.25, 0.3) is 10.8 Å². The summed E-state index contributed by atoms with van der Waals surface area (Å²) in [5, 5.41) is 4.96. The number of benzene rings is 2. The summed E-state index contributed by atoms with van der Waals surface area (Å²) in [5.74, 6) is -0.113. The van der Waals surface area contributed by atoms with Gasteiger partial charge in [-0.3, -0.25) is 9.78 Å². The Bertz CT molecular complexity index is 825. The lowest BCUT2D eigenvalue weighted by Crippen LogP contribution is -2.13. The van der Waals surface area contributed by atoms with Crippen LogP contribution in [-0.2, 0) is 0 Å². The molecule has 1 N–H and O–H groups in total. The van der Waals surface area contributed by atoms with Crippen LogP contribution in [0.5, 0.6) is 0 Å². The number of amides is 1. The summed E-state index contributed by atoms with van der Waals surface area (Å²) >= 11 is 3.45. The van der Waals surface area contributed by atoms with E-state index in [1.807, 2.05) is 49.4 Å². The van der Waals surface area contributed by atoms with E-state index in [1.165, 1.54) is 0 Å². The minimum atomic E-state index is -0.113. The lowest BCUT2D eigenvalue weighted by Gasteiger charge is -2.11. The quantitative estimate of drug-likeness (QED) is 0.743. The third-order valence-corrected chi connectivity index (χ3v) is 4.30. The molecule has 2 aromatic carbocycles. The maximum Gasteiger partial charge on any atom is 0.255 e. The smallest absolute Gasteiger partial charge is 0.255 e. The number of hydrogen-bond acceptors (Lipinski definition) is 2. The average molecular weight is 341 g/mol. The summed E-state index contributed by atoms with van der Waals surface area (Å²) < 4.78 is 0.928. The highest BCUT2D eigenvalue weighted by atomic mass is 79.9. The molecular formula is C17H13BrN2O. The molecule has 0 unspecified atom stereocenters. The van der Waals surface area contributed by atoms with Crippen LogP contribution in [-0.4, -0.2) is 10.9 Å². The fourth-order valence-corrected chi connectivity index (χ4v) is 2.64. The molecule has 1 heterocycles. The fraction of sp³-hybridized carbons (Fsp3) is 0.0588. The van der Waals surface area contributed by atoms with Crippen molar-refractivity contribution in [2.75, 3.05) is 5.32 Å². The van der Waals surface area contributed by atoms with E-state index >= 15 is 0 Å². The number of fused-ring (bicyclic) bond motifs is 1. The Hall–Kier alpha value is -2.20. The van der Waals surface area contributed by atoms with Gasteiger partial charge in [-0.15, -0.1) is 0 Å². The van der Waals surface area contributed by atoms with Crippen molar-refractivity contribution in [1.29, 1.82) is 0 Å². The first-order chi connectivity index (χ1) is 10.2. The molecule has 0 atom stereocenters. The summed E-state index contributed by atoms with van der Waals surface area (Å²) in [7, 11) is 0. The van der Waals surface area contributed by atoms with Gasteiger partial charge in [0.1, 0.15) is 0 Å². The van der Waals surface area contributed by atoms with Crippen molar-refractivity contribution in [3.8, 4) is 0 Å². The first-order valence-corrected chi connectivity index (χ1v) is 7.35. The molecule has 0 aliphatic heterocycles. The molecule has 0 fully saturated rings. The molecule has 0 aliphatic carbocycles. The SMILES string of the molecule is Cc1c(Br)cccc1C(=O)Nc1cccc2cnccc12. The van der Waals surface area contributed by atoms with E-state index in [1.54, 1.807) is 12.4 Å². The molecule has 1 aromatic heterocycles. The Morgan fingerprint density at radius 1 is 1.14 bits per heavy atom. The minimum absolute atomic E-state index is 0.113. The predicted octanol–water partition coefficient (Wildman–Crippen LogP) is 4.56. The number of aromatic nitrogens is 1. The van der Waals surface area contributed by atoms with Crippen LogP contribution >= 0.6 is 15.9 Å². The highest BCUT2D eigenvalue weighted by molar-refractivity contribution is 9.10. The molecular weight excluding hydrogens is 328 g/mol. The van der Waals surface area contributed by atoms with E-state index in [2.05, 4.69) is 26.2 Å². The summed E-state index contributed by atoms with van der Waals surface area (Å²) in [6, 6.07) is 13.3. The zero-order valence-corrected chi connectivity index (χ0v) is 13.0. The largest absolute Gasteiger partial charge is 0.321 e. The van der Waals surface area contributed by atoms with Gasteiger partial charge in [-0.2, -0.15) is 0 Å². The Labute approximate surface area is 131 Å². The first kappa shape index (κ1) is 13.8. The molecule has 0 spiro atoms. The number of rotatable bonds is 2. The van der Waals surface area contributed by atoms with Crippen LogP contribution in [0.1, 0.15) is 15.9 Å². The molecule has 0 bridgehead atoms. The molecule has 0 saturated carbocycles. The molecule has 3 aromatic rings. The number of nitrogens with one attached hydrogen (secondary N) is 1. The van der Waals surface area contributed by atoms with E-state index in [-0.39, 0.29) is 5.91 Å². The van der Waals surface area contributed by atoms with Crippen LogP contribution in [0.4, 0.5) is 5.69 Å². The van der Waals surface area contributed by atoms with Crippen LogP contribution in [0.3, 0.4) is 0 Å². The van der Waals surface area contributed by atoms with Gasteiger partial charge >= 0.3 is 0 Å². The molecule has 104 valence electrons. The summed E-state index contributed by atoms with van der Waals surface area (Å²) in [5.41, 5.74) is 2.38. The molecule has 0 aliphatic rings. The van der Waals surface area contributed by atoms with Crippen LogP contribution in [0.2, 0.25) is 0 Å². The van der Waals surface area contributed by atoms with Gasteiger partial charge in [0.05, 0.1) is 0 Å². The third kappa shape index (κ3) is 2.67. The third-order valence-electron chi connectivity index (χ3n) is 3.44. The highest BCUT2D eigenvalue weighted by Crippen LogP contribution is 2.24. The van der Waals surface area contributed by atoms with Gasteiger partial charge in [-0.1, -0.05) is 34.1 Å². The second kappa shape index (κ2) is 5.66. The topological polar surface area (TPSA) is 42.0 Å². The molecule has 21 heavy (non-hydrogen) atoms. The number of nitrogens with zero attached hydrogens (tertiary/aromatic N) is 1. The van der Waals surface area contributed by atoms with E-state index in [0.29, 0.717) is 5.56 Å². The summed E-state index contributed by atoms with van der Waals surface area (Å²) in [6.45, 7) is 1.92. The molecule has 3 rings (SSSR count). The monoisotopic (exact) mass is 340 g/mol. The molecule has 1 amide bonds. The van der Waals surface area contributed by atoms with Gasteiger partial charge in [0.25, 0.3) is 5.91 Å². The van der Waals surface area contributed by atoms with Crippen molar-refractivity contribution in [2.45, 2.75) is 6.92 Å². The molecule has 4 heteroatoms. The van der Waals surface area contributed by atoms with Crippen molar-refractivity contribution < 1.29 is 4.79 Å². The Morgan fingerprint density at radius 2 is 1.95 bits per heavy atom. The van der Waals surface area contributed by atoms with E-state index in [0.717, 1.165) is 26.5 Å². The maximum atomic E-state index is 12.5. The van der Waals surface area contributed by atoms with Gasteiger partial charge < -0.3 is 5.32 Å². The second-order valence-electron chi connectivity index (χ2n) is 4.77. The minimum Gasteiger partial charge on any atom is -0.321 e. The normalized spacial score (nSPS) is 10.6. The van der Waals surface area contributed by atoms with Crippen molar-refractivity contribution >= 4 is 38.3 Å². The number of pyridine rings is 1. The van der Waals surface area contributed by atoms with E-state index in [9.17, 15) is 4.79 Å². The highest BCUT2D eigenvalue weighted by Gasteiger charge is 2.12. The standard InChI is InChI=1S/C17H13BrN2O/c1-11-13(5-3-6-15(11)18)17(21)20-16-7-2-4-12-10-19-9-8-14(12)16/h2-10H,1H3,(H,20,21). The number of carbonyl (C=O) groups is 1. The van der Waals surface area contributed by atoms with E-state index in [4.69, 9.17) is 0 Å². The predicted molar refractivity (Wildman–Crippen MR) is 88.6 cm³/mol. The van der Waals surface area contributed by atoms with Gasteiger partial charge in [0.15, 0.2) is 0 Å². The number of hydrogen-bond donors (Lipinski definition) is 1. The molecule has 0 saturated heterocycles. The van der Waals surface area contributed by atoms with Crippen molar-refractivity contribution in [3.05, 3.63) is 70.5 Å². The van der Waals surface area contributed by atoms with Crippen molar-refractivity contribution in [2.24, 2.45) is 0 Å². The Kier molecular flexibility index (Phi) is 3.71. The number of halogens is 1. The van der Waals surface area contributed by atoms with E-state index < -0.39 is 0 Å². The second-order valence-corrected chi connectivity index (χ2v) is 5.62. The molecule has 0 radical (unpaired) electrons. The van der Waals surface area contributed by atoms with Crippen LogP contribution in [0.15, 0.2) is 59.3 Å². The zero-order valence-electron chi connectivity index (χ0n) is 11.4.